The summed E-state index contributed by atoms with van der Waals surface area (Å²) in [4.78, 5) is 33.4. The van der Waals surface area contributed by atoms with Crippen LogP contribution in [0, 0.1) is 0 Å². The van der Waals surface area contributed by atoms with Crippen LogP contribution in [0.2, 0.25) is 0 Å². The molecule has 0 aliphatic rings. The summed E-state index contributed by atoms with van der Waals surface area (Å²) in [5.74, 6) is -0.176. The van der Waals surface area contributed by atoms with Gasteiger partial charge in [0.05, 0.1) is 15.9 Å². The Kier molecular flexibility index (Phi) is 4.46. The first-order chi connectivity index (χ1) is 12.7. The fourth-order valence-corrected chi connectivity index (χ4v) is 4.29. The number of fused-ring (bicyclic) bond motifs is 1. The van der Waals surface area contributed by atoms with Gasteiger partial charge in [0, 0.05) is 24.3 Å². The van der Waals surface area contributed by atoms with E-state index in [9.17, 15) is 9.59 Å². The van der Waals surface area contributed by atoms with Crippen molar-refractivity contribution in [2.24, 2.45) is 0 Å². The van der Waals surface area contributed by atoms with Gasteiger partial charge in [-0.05, 0) is 30.3 Å². The Morgan fingerprint density at radius 2 is 2.15 bits per heavy atom. The zero-order valence-corrected chi connectivity index (χ0v) is 15.3. The van der Waals surface area contributed by atoms with Crippen molar-refractivity contribution in [2.75, 3.05) is 7.11 Å². The summed E-state index contributed by atoms with van der Waals surface area (Å²) in [6.07, 6.45) is 1.69. The van der Waals surface area contributed by atoms with E-state index in [1.54, 1.807) is 29.8 Å². The summed E-state index contributed by atoms with van der Waals surface area (Å²) in [5.41, 5.74) is 2.37. The third-order valence-electron chi connectivity index (χ3n) is 3.81. The number of carbonyl (C=O) groups is 1. The number of aromatic nitrogens is 3. The van der Waals surface area contributed by atoms with Crippen LogP contribution in [-0.4, -0.2) is 27.4 Å². The minimum Gasteiger partial charge on any atom is -0.364 e. The van der Waals surface area contributed by atoms with E-state index in [0.717, 1.165) is 27.2 Å². The van der Waals surface area contributed by atoms with E-state index in [1.807, 2.05) is 18.2 Å². The molecule has 6 nitrogen and oxygen atoms in total. The maximum Gasteiger partial charge on any atom is 0.310 e. The highest BCUT2D eigenvalue weighted by atomic mass is 32.1. The molecule has 0 spiro atoms. The van der Waals surface area contributed by atoms with E-state index in [0.29, 0.717) is 16.3 Å². The number of hydrogen-bond donors (Lipinski definition) is 0. The molecule has 0 radical (unpaired) electrons. The van der Waals surface area contributed by atoms with Crippen LogP contribution in [0.25, 0.3) is 20.9 Å². The van der Waals surface area contributed by atoms with Gasteiger partial charge in [-0.2, -0.15) is 0 Å². The van der Waals surface area contributed by atoms with Crippen molar-refractivity contribution in [3.05, 3.63) is 68.9 Å². The Bertz CT molecular complexity index is 1150. The monoisotopic (exact) mass is 383 g/mol. The van der Waals surface area contributed by atoms with Crippen molar-refractivity contribution < 1.29 is 9.53 Å². The van der Waals surface area contributed by atoms with Gasteiger partial charge >= 0.3 is 4.87 Å². The van der Waals surface area contributed by atoms with Crippen molar-refractivity contribution in [1.82, 2.24) is 14.5 Å². The number of benzene rings is 1. The summed E-state index contributed by atoms with van der Waals surface area (Å²) in [6, 6.07) is 10.8. The highest BCUT2D eigenvalue weighted by Gasteiger charge is 2.16. The maximum atomic E-state index is 12.8. The maximum absolute atomic E-state index is 12.8. The van der Waals surface area contributed by atoms with Crippen molar-refractivity contribution in [3.8, 4) is 10.7 Å². The van der Waals surface area contributed by atoms with E-state index >= 15 is 0 Å². The van der Waals surface area contributed by atoms with Gasteiger partial charge in [-0.3, -0.25) is 19.1 Å². The van der Waals surface area contributed by atoms with Gasteiger partial charge < -0.3 is 4.74 Å². The van der Waals surface area contributed by atoms with Crippen LogP contribution in [0.4, 0.5) is 0 Å². The second kappa shape index (κ2) is 6.91. The van der Waals surface area contributed by atoms with Crippen LogP contribution in [0.15, 0.2) is 52.8 Å². The Morgan fingerprint density at radius 3 is 2.92 bits per heavy atom. The van der Waals surface area contributed by atoms with Crippen LogP contribution in [0.3, 0.4) is 0 Å². The predicted molar refractivity (Wildman–Crippen MR) is 102 cm³/mol. The Morgan fingerprint density at radius 1 is 1.27 bits per heavy atom. The highest BCUT2D eigenvalue weighted by Crippen LogP contribution is 2.25. The summed E-state index contributed by atoms with van der Waals surface area (Å²) < 4.78 is 7.34. The van der Waals surface area contributed by atoms with Gasteiger partial charge in [0.1, 0.15) is 17.4 Å². The average Bonchev–Trinajstić information content (AvgIpc) is 3.27. The summed E-state index contributed by atoms with van der Waals surface area (Å²) in [7, 11) is 1.54. The average molecular weight is 383 g/mol. The second-order valence-corrected chi connectivity index (χ2v) is 7.33. The zero-order chi connectivity index (χ0) is 18.1. The molecule has 0 aliphatic carbocycles. The first-order valence-electron chi connectivity index (χ1n) is 7.71. The highest BCUT2D eigenvalue weighted by molar-refractivity contribution is 7.16. The van der Waals surface area contributed by atoms with E-state index in [2.05, 4.69) is 9.97 Å². The first kappa shape index (κ1) is 16.8. The van der Waals surface area contributed by atoms with Crippen LogP contribution in [0.1, 0.15) is 16.1 Å². The molecule has 0 saturated carbocycles. The fourth-order valence-electron chi connectivity index (χ4n) is 2.59. The molecule has 4 aromatic rings. The number of ether oxygens (including phenoxy) is 1. The molecule has 130 valence electrons. The molecule has 4 rings (SSSR count). The molecule has 8 heteroatoms. The van der Waals surface area contributed by atoms with Gasteiger partial charge in [0.15, 0.2) is 0 Å². The molecule has 3 aromatic heterocycles. The quantitative estimate of drug-likeness (QED) is 0.494. The lowest BCUT2D eigenvalue weighted by molar-refractivity contribution is 0.103. The minimum atomic E-state index is -0.176. The molecule has 1 aromatic carbocycles. The molecule has 0 atom stereocenters. The Balaban J connectivity index is 1.68. The molecule has 0 fully saturated rings. The van der Waals surface area contributed by atoms with Crippen LogP contribution >= 0.6 is 22.7 Å². The second-order valence-electron chi connectivity index (χ2n) is 5.48. The van der Waals surface area contributed by atoms with E-state index in [4.69, 9.17) is 4.74 Å². The largest absolute Gasteiger partial charge is 0.364 e. The Hall–Kier alpha value is -2.68. The van der Waals surface area contributed by atoms with Gasteiger partial charge in [-0.1, -0.05) is 17.4 Å². The smallest absolute Gasteiger partial charge is 0.310 e. The summed E-state index contributed by atoms with van der Waals surface area (Å²) >= 11 is 2.47. The first-order valence-corrected chi connectivity index (χ1v) is 9.41. The van der Waals surface area contributed by atoms with Crippen molar-refractivity contribution >= 4 is 38.7 Å². The number of ketones is 1. The number of methoxy groups -OCH3 is 1. The molecular formula is C18H13N3O3S2. The van der Waals surface area contributed by atoms with E-state index in [-0.39, 0.29) is 17.4 Å². The fraction of sp³-hybridized carbons (Fsp3) is 0.111. The number of hydrogen-bond acceptors (Lipinski definition) is 7. The molecule has 0 saturated heterocycles. The number of carbonyl (C=O) groups excluding carboxylic acids is 1. The molecule has 3 heterocycles. The molecular weight excluding hydrogens is 370 g/mol. The van der Waals surface area contributed by atoms with Gasteiger partial charge in [0.25, 0.3) is 0 Å². The van der Waals surface area contributed by atoms with E-state index in [1.165, 1.54) is 23.0 Å². The number of rotatable bonds is 5. The van der Waals surface area contributed by atoms with E-state index < -0.39 is 0 Å². The van der Waals surface area contributed by atoms with Gasteiger partial charge in [-0.15, -0.1) is 11.3 Å². The predicted octanol–water partition coefficient (Wildman–Crippen LogP) is 3.42. The van der Waals surface area contributed by atoms with Gasteiger partial charge in [-0.25, -0.2) is 4.98 Å². The van der Waals surface area contributed by atoms with Crippen LogP contribution in [-0.2, 0) is 11.5 Å². The lowest BCUT2D eigenvalue weighted by Crippen LogP contribution is -2.13. The lowest BCUT2D eigenvalue weighted by Gasteiger charge is -2.02. The summed E-state index contributed by atoms with van der Waals surface area (Å²) in [6.45, 7) is 0.186. The molecule has 0 bridgehead atoms. The normalized spacial score (nSPS) is 11.1. The third-order valence-corrected chi connectivity index (χ3v) is 5.62. The van der Waals surface area contributed by atoms with Crippen LogP contribution in [0.5, 0.6) is 0 Å². The van der Waals surface area contributed by atoms with Gasteiger partial charge in [0.2, 0.25) is 5.78 Å². The SMILES string of the molecule is COCn1c(=O)sc2cc(C(=O)c3csc(-c4ccccn4)n3)ccc21. The molecule has 26 heavy (non-hydrogen) atoms. The minimum absolute atomic E-state index is 0.113. The molecule has 0 N–H and O–H groups in total. The summed E-state index contributed by atoms with van der Waals surface area (Å²) in [5, 5.41) is 2.43. The molecule has 0 amide bonds. The molecule has 0 unspecified atom stereocenters. The third kappa shape index (κ3) is 2.98. The van der Waals surface area contributed by atoms with Crippen molar-refractivity contribution in [1.29, 1.82) is 0 Å². The standard InChI is InChI=1S/C18H13N3O3S2/c1-24-10-21-14-6-5-11(8-15(14)26-18(21)23)16(22)13-9-25-17(20-13)12-4-2-3-7-19-12/h2-9H,10H2,1H3. The number of thiazole rings is 2. The van der Waals surface area contributed by atoms with Crippen molar-refractivity contribution in [3.63, 3.8) is 0 Å². The zero-order valence-electron chi connectivity index (χ0n) is 13.7. The Labute approximate surface area is 156 Å². The molecule has 0 aliphatic heterocycles. The number of nitrogens with zero attached hydrogens (tertiary/aromatic N) is 3. The van der Waals surface area contributed by atoms with Crippen LogP contribution < -0.4 is 4.87 Å². The topological polar surface area (TPSA) is 74.1 Å². The number of pyridine rings is 1. The lowest BCUT2D eigenvalue weighted by atomic mass is 10.1. The van der Waals surface area contributed by atoms with Crippen molar-refractivity contribution in [2.45, 2.75) is 6.73 Å².